The van der Waals surface area contributed by atoms with E-state index in [9.17, 15) is 4.79 Å². The van der Waals surface area contributed by atoms with Crippen molar-refractivity contribution < 1.29 is 4.79 Å². The summed E-state index contributed by atoms with van der Waals surface area (Å²) in [6, 6.07) is 9.33. The quantitative estimate of drug-likeness (QED) is 0.850. The lowest BCUT2D eigenvalue weighted by atomic mass is 10.2. The van der Waals surface area contributed by atoms with Gasteiger partial charge in [0.1, 0.15) is 5.69 Å². The summed E-state index contributed by atoms with van der Waals surface area (Å²) in [5, 5.41) is 4.18. The zero-order chi connectivity index (χ0) is 14.0. The summed E-state index contributed by atoms with van der Waals surface area (Å²) in [5.74, 6) is -0.0504. The van der Waals surface area contributed by atoms with Crippen LogP contribution in [0.2, 0.25) is 0 Å². The van der Waals surface area contributed by atoms with E-state index in [0.29, 0.717) is 17.9 Å². The summed E-state index contributed by atoms with van der Waals surface area (Å²) in [7, 11) is 3.54. The van der Waals surface area contributed by atoms with Gasteiger partial charge in [-0.05, 0) is 30.7 Å². The van der Waals surface area contributed by atoms with E-state index in [4.69, 9.17) is 5.73 Å². The van der Waals surface area contributed by atoms with Crippen LogP contribution in [0.15, 0.2) is 30.3 Å². The number of benzene rings is 1. The summed E-state index contributed by atoms with van der Waals surface area (Å²) < 4.78 is 1.60. The second-order valence-corrected chi connectivity index (χ2v) is 4.70. The molecule has 0 atom stereocenters. The van der Waals surface area contributed by atoms with Gasteiger partial charge in [0.05, 0.1) is 5.69 Å². The van der Waals surface area contributed by atoms with E-state index in [0.717, 1.165) is 11.3 Å². The van der Waals surface area contributed by atoms with Crippen molar-refractivity contribution in [1.82, 2.24) is 14.7 Å². The third-order valence-electron chi connectivity index (χ3n) is 2.94. The van der Waals surface area contributed by atoms with E-state index < -0.39 is 0 Å². The van der Waals surface area contributed by atoms with Gasteiger partial charge in [-0.25, -0.2) is 0 Å². The summed E-state index contributed by atoms with van der Waals surface area (Å²) in [4.78, 5) is 14.0. The fourth-order valence-electron chi connectivity index (χ4n) is 2.04. The predicted octanol–water partition coefficient (Wildman–Crippen LogP) is 1.58. The number of carbonyl (C=O) groups excluding carboxylic acids is 1. The van der Waals surface area contributed by atoms with E-state index in [1.165, 1.54) is 0 Å². The normalized spacial score (nSPS) is 10.5. The first-order chi connectivity index (χ1) is 8.97. The van der Waals surface area contributed by atoms with Crippen molar-refractivity contribution in [3.05, 3.63) is 47.3 Å². The number of nitrogens with zero attached hydrogens (tertiary/aromatic N) is 3. The van der Waals surface area contributed by atoms with Crippen molar-refractivity contribution >= 4 is 11.6 Å². The number of rotatable bonds is 3. The third-order valence-corrected chi connectivity index (χ3v) is 2.94. The highest BCUT2D eigenvalue weighted by molar-refractivity contribution is 5.92. The van der Waals surface area contributed by atoms with E-state index >= 15 is 0 Å². The number of carbonyl (C=O) groups is 1. The second kappa shape index (κ2) is 5.14. The molecule has 2 rings (SSSR count). The first-order valence-electron chi connectivity index (χ1n) is 6.08. The molecule has 1 heterocycles. The van der Waals surface area contributed by atoms with Crippen molar-refractivity contribution in [2.24, 2.45) is 7.05 Å². The maximum atomic E-state index is 12.3. The van der Waals surface area contributed by atoms with Gasteiger partial charge in [0.15, 0.2) is 0 Å². The highest BCUT2D eigenvalue weighted by Gasteiger charge is 2.16. The molecule has 0 aliphatic heterocycles. The molecule has 100 valence electrons. The van der Waals surface area contributed by atoms with Crippen LogP contribution in [0.5, 0.6) is 0 Å². The highest BCUT2D eigenvalue weighted by atomic mass is 16.2. The average Bonchev–Trinajstić information content (AvgIpc) is 2.67. The molecule has 0 aliphatic rings. The SMILES string of the molecule is Cc1cc(C(=O)N(C)Cc2cccc(N)c2)n(C)n1. The zero-order valence-corrected chi connectivity index (χ0v) is 11.4. The maximum absolute atomic E-state index is 12.3. The van der Waals surface area contributed by atoms with Crippen molar-refractivity contribution in [3.63, 3.8) is 0 Å². The molecule has 0 aliphatic carbocycles. The van der Waals surface area contributed by atoms with Gasteiger partial charge in [0, 0.05) is 26.3 Å². The Morgan fingerprint density at radius 2 is 2.16 bits per heavy atom. The fraction of sp³-hybridized carbons (Fsp3) is 0.286. The topological polar surface area (TPSA) is 64.2 Å². The van der Waals surface area contributed by atoms with E-state index in [2.05, 4.69) is 5.10 Å². The first kappa shape index (κ1) is 13.1. The van der Waals surface area contributed by atoms with Crippen LogP contribution in [-0.2, 0) is 13.6 Å². The Balaban J connectivity index is 2.14. The maximum Gasteiger partial charge on any atom is 0.272 e. The Morgan fingerprint density at radius 3 is 2.74 bits per heavy atom. The minimum atomic E-state index is -0.0504. The molecule has 1 aromatic heterocycles. The summed E-state index contributed by atoms with van der Waals surface area (Å²) in [6.07, 6.45) is 0. The summed E-state index contributed by atoms with van der Waals surface area (Å²) >= 11 is 0. The number of nitrogens with two attached hydrogens (primary N) is 1. The minimum Gasteiger partial charge on any atom is -0.399 e. The lowest BCUT2D eigenvalue weighted by Crippen LogP contribution is -2.28. The Labute approximate surface area is 112 Å². The predicted molar refractivity (Wildman–Crippen MR) is 74.6 cm³/mol. The van der Waals surface area contributed by atoms with Crippen LogP contribution in [0.25, 0.3) is 0 Å². The van der Waals surface area contributed by atoms with Gasteiger partial charge in [-0.3, -0.25) is 9.48 Å². The molecule has 1 aromatic carbocycles. The molecule has 0 spiro atoms. The van der Waals surface area contributed by atoms with Crippen LogP contribution in [0.4, 0.5) is 5.69 Å². The molecule has 2 aromatic rings. The largest absolute Gasteiger partial charge is 0.399 e. The van der Waals surface area contributed by atoms with E-state index in [1.54, 1.807) is 29.7 Å². The van der Waals surface area contributed by atoms with Crippen LogP contribution in [0, 0.1) is 6.92 Å². The molecule has 0 unspecified atom stereocenters. The van der Waals surface area contributed by atoms with Crippen LogP contribution >= 0.6 is 0 Å². The van der Waals surface area contributed by atoms with Crippen LogP contribution in [-0.4, -0.2) is 27.6 Å². The van der Waals surface area contributed by atoms with Gasteiger partial charge >= 0.3 is 0 Å². The van der Waals surface area contributed by atoms with Gasteiger partial charge < -0.3 is 10.6 Å². The number of hydrogen-bond donors (Lipinski definition) is 1. The van der Waals surface area contributed by atoms with Gasteiger partial charge in [0.2, 0.25) is 0 Å². The molecular formula is C14H18N4O. The van der Waals surface area contributed by atoms with Crippen molar-refractivity contribution in [1.29, 1.82) is 0 Å². The number of aromatic nitrogens is 2. The lowest BCUT2D eigenvalue weighted by molar-refractivity contribution is 0.0774. The number of nitrogen functional groups attached to an aromatic ring is 1. The van der Waals surface area contributed by atoms with Crippen molar-refractivity contribution in [2.75, 3.05) is 12.8 Å². The van der Waals surface area contributed by atoms with Crippen molar-refractivity contribution in [2.45, 2.75) is 13.5 Å². The minimum absolute atomic E-state index is 0.0504. The molecule has 5 heteroatoms. The summed E-state index contributed by atoms with van der Waals surface area (Å²) in [6.45, 7) is 2.39. The number of anilines is 1. The molecule has 1 amide bonds. The van der Waals surface area contributed by atoms with E-state index in [1.807, 2.05) is 31.2 Å². The van der Waals surface area contributed by atoms with Crippen LogP contribution in [0.1, 0.15) is 21.7 Å². The molecule has 0 saturated carbocycles. The molecule has 0 fully saturated rings. The molecule has 5 nitrogen and oxygen atoms in total. The monoisotopic (exact) mass is 258 g/mol. The number of amides is 1. The third kappa shape index (κ3) is 2.93. The molecule has 19 heavy (non-hydrogen) atoms. The van der Waals surface area contributed by atoms with Crippen molar-refractivity contribution in [3.8, 4) is 0 Å². The second-order valence-electron chi connectivity index (χ2n) is 4.70. The number of aryl methyl sites for hydroxylation is 2. The molecular weight excluding hydrogens is 240 g/mol. The Hall–Kier alpha value is -2.30. The van der Waals surface area contributed by atoms with E-state index in [-0.39, 0.29) is 5.91 Å². The Morgan fingerprint density at radius 1 is 1.42 bits per heavy atom. The fourth-order valence-corrected chi connectivity index (χ4v) is 2.04. The molecule has 0 radical (unpaired) electrons. The summed E-state index contributed by atoms with van der Waals surface area (Å²) in [5.41, 5.74) is 8.87. The Kier molecular flexibility index (Phi) is 3.55. The lowest BCUT2D eigenvalue weighted by Gasteiger charge is -2.17. The standard InChI is InChI=1S/C14H18N4O/c1-10-7-13(18(3)16-10)14(19)17(2)9-11-5-4-6-12(15)8-11/h4-8H,9,15H2,1-3H3. The highest BCUT2D eigenvalue weighted by Crippen LogP contribution is 2.11. The molecule has 0 saturated heterocycles. The van der Waals surface area contributed by atoms with Crippen LogP contribution in [0.3, 0.4) is 0 Å². The van der Waals surface area contributed by atoms with Crippen LogP contribution < -0.4 is 5.73 Å². The van der Waals surface area contributed by atoms with Gasteiger partial charge in [-0.2, -0.15) is 5.10 Å². The zero-order valence-electron chi connectivity index (χ0n) is 11.4. The first-order valence-corrected chi connectivity index (χ1v) is 6.08. The van der Waals surface area contributed by atoms with Gasteiger partial charge in [0.25, 0.3) is 5.91 Å². The van der Waals surface area contributed by atoms with Gasteiger partial charge in [-0.1, -0.05) is 12.1 Å². The molecule has 2 N–H and O–H groups in total. The van der Waals surface area contributed by atoms with Gasteiger partial charge in [-0.15, -0.1) is 0 Å². The Bertz CT molecular complexity index is 603. The smallest absolute Gasteiger partial charge is 0.272 e. The molecule has 0 bridgehead atoms. The number of hydrogen-bond acceptors (Lipinski definition) is 3. The average molecular weight is 258 g/mol.